The topological polar surface area (TPSA) is 174 Å². The number of aromatic nitrogens is 10. The summed E-state index contributed by atoms with van der Waals surface area (Å²) in [6.07, 6.45) is 10.5. The van der Waals surface area contributed by atoms with E-state index in [0.717, 1.165) is 84.2 Å². The number of para-hydroxylation sites is 2. The number of ether oxygens (including phenoxy) is 2. The number of benzene rings is 2. The second-order valence-corrected chi connectivity index (χ2v) is 19.0. The highest BCUT2D eigenvalue weighted by Crippen LogP contribution is 2.41. The highest BCUT2D eigenvalue weighted by molar-refractivity contribution is 6.00. The average molecular weight is 967 g/mol. The van der Waals surface area contributed by atoms with Crippen LogP contribution in [-0.2, 0) is 35.2 Å². The van der Waals surface area contributed by atoms with Crippen LogP contribution in [0.2, 0.25) is 0 Å². The van der Waals surface area contributed by atoms with Crippen LogP contribution >= 0.6 is 0 Å². The normalized spacial score (nSPS) is 11.5. The van der Waals surface area contributed by atoms with Gasteiger partial charge >= 0.3 is 0 Å². The molecule has 0 saturated carbocycles. The molecule has 0 aliphatic rings. The van der Waals surface area contributed by atoms with Gasteiger partial charge in [0, 0.05) is 121 Å². The van der Waals surface area contributed by atoms with Gasteiger partial charge in [0.2, 0.25) is 0 Å². The minimum atomic E-state index is -0.172. The Morgan fingerprint density at radius 3 is 1.26 bits per heavy atom. The van der Waals surface area contributed by atoms with Crippen molar-refractivity contribution in [1.29, 1.82) is 0 Å². The van der Waals surface area contributed by atoms with E-state index in [-0.39, 0.29) is 28.3 Å². The molecule has 0 fully saturated rings. The lowest BCUT2D eigenvalue weighted by Gasteiger charge is -2.17. The van der Waals surface area contributed by atoms with Crippen molar-refractivity contribution in [2.45, 2.75) is 61.4 Å². The zero-order valence-corrected chi connectivity index (χ0v) is 42.8. The lowest BCUT2D eigenvalue weighted by atomic mass is 10.0. The molecule has 368 valence electrons. The van der Waals surface area contributed by atoms with Crippen LogP contribution in [0.5, 0.6) is 23.0 Å². The quantitative estimate of drug-likeness (QED) is 0.144. The first kappa shape index (κ1) is 48.4. The Balaban J connectivity index is 0.000000178. The molecule has 16 nitrogen and oxygen atoms in total. The second kappa shape index (κ2) is 18.6. The van der Waals surface area contributed by atoms with E-state index >= 15 is 0 Å². The number of H-pyrrole nitrogens is 2. The van der Waals surface area contributed by atoms with Crippen LogP contribution in [0.25, 0.3) is 66.6 Å². The maximum Gasteiger partial charge on any atom is 0.274 e. The standard InChI is InChI=1S/C29H31N5O3.C27H27N5O3/c1-16(2)34-19(5)22(13-30-34)24-11-21-23(14-33(7)29(36)27(21)31-24)20-12-26(35)32(6)15-25(20)37-28-17(3)9-8-10-18(28)4;1-15-8-7-9-16(2)26(15)35-23-14-30(4)24(33)11-18(23)21-13-31(5)27(34)25-19(21)10-22(29-25)20-12-28-32(6)17(20)3/h8-16,31H,1-7H3;7-14,29H,1-6H3. The van der Waals surface area contributed by atoms with Crippen molar-refractivity contribution in [1.82, 2.24) is 47.8 Å². The molecule has 0 radical (unpaired) electrons. The molecule has 0 amide bonds. The predicted octanol–water partition coefficient (Wildman–Crippen LogP) is 9.74. The van der Waals surface area contributed by atoms with Crippen molar-refractivity contribution in [3.05, 3.63) is 173 Å². The SMILES string of the molecule is Cc1cccc(C)c1Oc1cn(C)c(=O)cc1-c1cn(C)c(=O)c2[nH]c(-c3cnn(C(C)C)c3C)cc12.Cc1cccc(C)c1Oc1cn(C)c(=O)cc1-c1cn(C)c(=O)c2[nH]c(-c3cnn(C)c3C)cc12. The molecule has 10 rings (SSSR count). The van der Waals surface area contributed by atoms with E-state index in [0.29, 0.717) is 39.0 Å². The molecule has 0 aliphatic carbocycles. The fourth-order valence-corrected chi connectivity index (χ4v) is 9.29. The first-order chi connectivity index (χ1) is 34.2. The highest BCUT2D eigenvalue weighted by Gasteiger charge is 2.23. The van der Waals surface area contributed by atoms with E-state index in [4.69, 9.17) is 9.47 Å². The van der Waals surface area contributed by atoms with Gasteiger partial charge in [0.1, 0.15) is 22.5 Å². The van der Waals surface area contributed by atoms with E-state index in [9.17, 15) is 19.2 Å². The summed E-state index contributed by atoms with van der Waals surface area (Å²) in [5, 5.41) is 10.3. The number of hydrogen-bond acceptors (Lipinski definition) is 8. The molecule has 72 heavy (non-hydrogen) atoms. The summed E-state index contributed by atoms with van der Waals surface area (Å²) in [5.41, 5.74) is 12.3. The second-order valence-electron chi connectivity index (χ2n) is 19.0. The van der Waals surface area contributed by atoms with Gasteiger partial charge in [0.15, 0.2) is 11.5 Å². The Morgan fingerprint density at radius 1 is 0.486 bits per heavy atom. The van der Waals surface area contributed by atoms with E-state index in [1.165, 1.54) is 18.3 Å². The highest BCUT2D eigenvalue weighted by atomic mass is 16.5. The molecule has 2 aromatic carbocycles. The Hall–Kier alpha value is -8.66. The van der Waals surface area contributed by atoms with Crippen molar-refractivity contribution >= 4 is 21.8 Å². The molecular weight excluding hydrogens is 909 g/mol. The number of nitrogens with zero attached hydrogens (tertiary/aromatic N) is 8. The summed E-state index contributed by atoms with van der Waals surface area (Å²) in [5.74, 6) is 2.56. The van der Waals surface area contributed by atoms with E-state index in [1.807, 2.05) is 108 Å². The minimum absolute atomic E-state index is 0.153. The molecule has 10 aromatic rings. The Labute approximate surface area is 415 Å². The van der Waals surface area contributed by atoms with E-state index < -0.39 is 0 Å². The number of aryl methyl sites for hydroxylation is 9. The Bertz CT molecular complexity index is 3990. The lowest BCUT2D eigenvalue weighted by Crippen LogP contribution is -2.18. The monoisotopic (exact) mass is 966 g/mol. The summed E-state index contributed by atoms with van der Waals surface area (Å²) >= 11 is 0. The smallest absolute Gasteiger partial charge is 0.274 e. The Kier molecular flexibility index (Phi) is 12.5. The molecule has 0 atom stereocenters. The maximum atomic E-state index is 13.2. The van der Waals surface area contributed by atoms with Crippen molar-refractivity contribution in [2.24, 2.45) is 35.2 Å². The van der Waals surface area contributed by atoms with Gasteiger partial charge in [-0.05, 0) is 89.8 Å². The van der Waals surface area contributed by atoms with Crippen molar-refractivity contribution in [3.8, 4) is 67.8 Å². The number of nitrogens with one attached hydrogen (secondary N) is 2. The van der Waals surface area contributed by atoms with Crippen molar-refractivity contribution in [2.75, 3.05) is 0 Å². The molecule has 0 aliphatic heterocycles. The zero-order chi connectivity index (χ0) is 51.6. The van der Waals surface area contributed by atoms with Gasteiger partial charge in [-0.3, -0.25) is 28.5 Å². The van der Waals surface area contributed by atoms with Crippen LogP contribution in [0, 0.1) is 41.5 Å². The fourth-order valence-electron chi connectivity index (χ4n) is 9.29. The molecule has 0 saturated heterocycles. The third-order valence-corrected chi connectivity index (χ3v) is 13.5. The van der Waals surface area contributed by atoms with Crippen molar-refractivity contribution in [3.63, 3.8) is 0 Å². The summed E-state index contributed by atoms with van der Waals surface area (Å²) in [6.45, 7) is 16.1. The summed E-state index contributed by atoms with van der Waals surface area (Å²) in [4.78, 5) is 58.3. The number of aromatic amines is 2. The van der Waals surface area contributed by atoms with Crippen molar-refractivity contribution < 1.29 is 9.47 Å². The third kappa shape index (κ3) is 8.58. The number of hydrogen-bond donors (Lipinski definition) is 2. The molecule has 8 aromatic heterocycles. The summed E-state index contributed by atoms with van der Waals surface area (Å²) in [7, 11) is 8.68. The van der Waals surface area contributed by atoms with Crippen LogP contribution in [0.1, 0.15) is 53.5 Å². The third-order valence-electron chi connectivity index (χ3n) is 13.5. The van der Waals surface area contributed by atoms with Gasteiger partial charge in [0.05, 0.1) is 36.2 Å². The molecular formula is C56H58N10O6. The number of fused-ring (bicyclic) bond motifs is 2. The van der Waals surface area contributed by atoms with E-state index in [2.05, 4.69) is 34.0 Å². The average Bonchev–Trinajstić information content (AvgIpc) is 4.14. The van der Waals surface area contributed by atoms with Gasteiger partial charge in [-0.25, -0.2) is 0 Å². The van der Waals surface area contributed by atoms with Gasteiger partial charge < -0.3 is 37.7 Å². The Morgan fingerprint density at radius 2 is 0.889 bits per heavy atom. The lowest BCUT2D eigenvalue weighted by molar-refractivity contribution is 0.470. The molecule has 0 spiro atoms. The predicted molar refractivity (Wildman–Crippen MR) is 284 cm³/mol. The fraction of sp³-hybridized carbons (Fsp3) is 0.250. The van der Waals surface area contributed by atoms with Gasteiger partial charge in [-0.15, -0.1) is 0 Å². The molecule has 0 bridgehead atoms. The van der Waals surface area contributed by atoms with Crippen LogP contribution in [0.15, 0.2) is 117 Å². The first-order valence-electron chi connectivity index (χ1n) is 23.6. The maximum absolute atomic E-state index is 13.2. The van der Waals surface area contributed by atoms with Gasteiger partial charge in [-0.2, -0.15) is 10.2 Å². The molecule has 2 N–H and O–H groups in total. The first-order valence-corrected chi connectivity index (χ1v) is 23.6. The van der Waals surface area contributed by atoms with Crippen LogP contribution in [0.4, 0.5) is 0 Å². The minimum Gasteiger partial charge on any atom is -0.455 e. The van der Waals surface area contributed by atoms with Crippen LogP contribution in [0.3, 0.4) is 0 Å². The molecule has 0 unspecified atom stereocenters. The largest absolute Gasteiger partial charge is 0.455 e. The van der Waals surface area contributed by atoms with Gasteiger partial charge in [-0.1, -0.05) is 36.4 Å². The van der Waals surface area contributed by atoms with Crippen LogP contribution < -0.4 is 31.7 Å². The van der Waals surface area contributed by atoms with E-state index in [1.54, 1.807) is 76.0 Å². The summed E-state index contributed by atoms with van der Waals surface area (Å²) in [6, 6.07) is 19.2. The number of pyridine rings is 4. The summed E-state index contributed by atoms with van der Waals surface area (Å²) < 4.78 is 22.7. The molecule has 8 heterocycles. The number of rotatable bonds is 9. The van der Waals surface area contributed by atoms with Crippen LogP contribution in [-0.4, -0.2) is 47.8 Å². The van der Waals surface area contributed by atoms with Gasteiger partial charge in [0.25, 0.3) is 22.2 Å². The molecule has 16 heteroatoms. The zero-order valence-electron chi connectivity index (χ0n) is 42.8.